The summed E-state index contributed by atoms with van der Waals surface area (Å²) in [5, 5.41) is 19.0. The first kappa shape index (κ1) is 27.8. The largest absolute Gasteiger partial charge is 1.00 e. The SMILES string of the molecule is CCCCSc1nsnc1C1=CCCN(C)C1.O=C([O-])C(=O)[O-].[Na+].[Na+]. The van der Waals surface area contributed by atoms with Gasteiger partial charge in [0, 0.05) is 13.1 Å². The van der Waals surface area contributed by atoms with Crippen LogP contribution < -0.4 is 69.3 Å². The fourth-order valence-electron chi connectivity index (χ4n) is 1.85. The van der Waals surface area contributed by atoms with Crippen molar-refractivity contribution in [2.24, 2.45) is 0 Å². The van der Waals surface area contributed by atoms with Gasteiger partial charge in [-0.05, 0) is 31.2 Å². The molecule has 25 heavy (non-hydrogen) atoms. The Morgan fingerprint density at radius 2 is 1.92 bits per heavy atom. The Hall–Kier alpha value is 0.550. The molecule has 1 aromatic rings. The summed E-state index contributed by atoms with van der Waals surface area (Å²) in [5.41, 5.74) is 2.48. The molecule has 0 spiro atoms. The number of carbonyl (C=O) groups excluding carboxylic acids is 2. The summed E-state index contributed by atoms with van der Waals surface area (Å²) < 4.78 is 8.89. The number of aliphatic carboxylic acids is 2. The van der Waals surface area contributed by atoms with Crippen molar-refractivity contribution in [3.63, 3.8) is 0 Å². The first-order valence-electron chi connectivity index (χ1n) is 7.21. The molecular weight excluding hydrogens is 384 g/mol. The average Bonchev–Trinajstić information content (AvgIpc) is 2.96. The van der Waals surface area contributed by atoms with E-state index in [0.29, 0.717) is 0 Å². The Bertz CT molecular complexity index is 558. The van der Waals surface area contributed by atoms with Crippen LogP contribution in [0.25, 0.3) is 5.57 Å². The van der Waals surface area contributed by atoms with Crippen molar-refractivity contribution in [3.8, 4) is 0 Å². The molecule has 0 radical (unpaired) electrons. The third kappa shape index (κ3) is 11.1. The van der Waals surface area contributed by atoms with E-state index in [1.807, 2.05) is 11.8 Å². The van der Waals surface area contributed by atoms with Crippen LogP contribution in [-0.2, 0) is 9.59 Å². The molecule has 0 unspecified atom stereocenters. The molecule has 0 bridgehead atoms. The molecule has 0 aliphatic carbocycles. The van der Waals surface area contributed by atoms with Gasteiger partial charge in [-0.2, -0.15) is 8.75 Å². The van der Waals surface area contributed by atoms with E-state index < -0.39 is 11.9 Å². The van der Waals surface area contributed by atoms with Crippen molar-refractivity contribution in [2.45, 2.75) is 31.2 Å². The van der Waals surface area contributed by atoms with Gasteiger partial charge in [-0.25, -0.2) is 0 Å². The maximum atomic E-state index is 8.93. The summed E-state index contributed by atoms with van der Waals surface area (Å²) in [5.74, 6) is -3.22. The molecule has 7 nitrogen and oxygen atoms in total. The Balaban J connectivity index is 0. The van der Waals surface area contributed by atoms with Gasteiger partial charge < -0.3 is 24.7 Å². The monoisotopic (exact) mass is 403 g/mol. The van der Waals surface area contributed by atoms with Crippen LogP contribution in [0.15, 0.2) is 11.1 Å². The number of hydrogen-bond acceptors (Lipinski definition) is 9. The van der Waals surface area contributed by atoms with E-state index in [-0.39, 0.29) is 59.1 Å². The molecule has 0 aromatic carbocycles. The van der Waals surface area contributed by atoms with Crippen LogP contribution in [0.4, 0.5) is 0 Å². The first-order valence-corrected chi connectivity index (χ1v) is 8.92. The molecule has 128 valence electrons. The van der Waals surface area contributed by atoms with Gasteiger partial charge in [-0.15, -0.1) is 11.8 Å². The summed E-state index contributed by atoms with van der Waals surface area (Å²) in [6, 6.07) is 0. The molecule has 1 aliphatic heterocycles. The van der Waals surface area contributed by atoms with E-state index in [0.717, 1.165) is 36.0 Å². The fourth-order valence-corrected chi connectivity index (χ4v) is 3.64. The number of hydrogen-bond donors (Lipinski definition) is 0. The Kier molecular flexibility index (Phi) is 17.3. The second-order valence-corrected chi connectivity index (χ2v) is 6.56. The molecule has 1 aromatic heterocycles. The number of carboxylic acids is 2. The molecular formula is C14H19N3Na2O4S2. The molecule has 11 heteroatoms. The predicted octanol–water partition coefficient (Wildman–Crippen LogP) is -6.36. The zero-order valence-electron chi connectivity index (χ0n) is 15.1. The van der Waals surface area contributed by atoms with Crippen molar-refractivity contribution >= 4 is 41.0 Å². The van der Waals surface area contributed by atoms with Gasteiger partial charge >= 0.3 is 59.1 Å². The van der Waals surface area contributed by atoms with Crippen LogP contribution >= 0.6 is 23.5 Å². The summed E-state index contributed by atoms with van der Waals surface area (Å²) in [6.07, 6.45) is 5.94. The van der Waals surface area contributed by atoms with Crippen molar-refractivity contribution in [2.75, 3.05) is 25.9 Å². The predicted molar refractivity (Wildman–Crippen MR) is 85.6 cm³/mol. The zero-order valence-corrected chi connectivity index (χ0v) is 20.7. The number of thioether (sulfide) groups is 1. The molecule has 0 N–H and O–H groups in total. The smallest absolute Gasteiger partial charge is 0.543 e. The first-order chi connectivity index (χ1) is 11.0. The summed E-state index contributed by atoms with van der Waals surface area (Å²) in [7, 11) is 2.16. The third-order valence-corrected chi connectivity index (χ3v) is 4.70. The number of nitrogens with zero attached hydrogens (tertiary/aromatic N) is 3. The minimum absolute atomic E-state index is 0. The third-order valence-electron chi connectivity index (χ3n) is 3.01. The van der Waals surface area contributed by atoms with Crippen LogP contribution in [0.2, 0.25) is 0 Å². The van der Waals surface area contributed by atoms with Crippen molar-refractivity contribution in [1.29, 1.82) is 0 Å². The quantitative estimate of drug-likeness (QED) is 0.207. The fraction of sp³-hybridized carbons (Fsp3) is 0.571. The van der Waals surface area contributed by atoms with E-state index in [4.69, 9.17) is 19.8 Å². The number of unbranched alkanes of at least 4 members (excludes halogenated alkanes) is 1. The van der Waals surface area contributed by atoms with E-state index in [2.05, 4.69) is 33.7 Å². The second kappa shape index (κ2) is 15.6. The molecule has 0 saturated heterocycles. The van der Waals surface area contributed by atoms with Gasteiger partial charge in [-0.1, -0.05) is 19.4 Å². The molecule has 0 fully saturated rings. The summed E-state index contributed by atoms with van der Waals surface area (Å²) in [6.45, 7) is 4.38. The Morgan fingerprint density at radius 3 is 2.44 bits per heavy atom. The number of likely N-dealkylation sites (N-methyl/N-ethyl adjacent to an activating group) is 1. The van der Waals surface area contributed by atoms with Gasteiger partial charge in [-0.3, -0.25) is 0 Å². The maximum Gasteiger partial charge on any atom is 1.00 e. The van der Waals surface area contributed by atoms with Gasteiger partial charge in [0.1, 0.15) is 10.7 Å². The minimum Gasteiger partial charge on any atom is -0.543 e. The molecule has 0 saturated carbocycles. The number of carbonyl (C=O) groups is 2. The van der Waals surface area contributed by atoms with E-state index in [1.165, 1.54) is 30.1 Å². The maximum absolute atomic E-state index is 8.93. The van der Waals surface area contributed by atoms with Crippen LogP contribution in [0.1, 0.15) is 31.9 Å². The van der Waals surface area contributed by atoms with Crippen LogP contribution in [0, 0.1) is 0 Å². The molecule has 2 rings (SSSR count). The minimum atomic E-state index is -2.19. The van der Waals surface area contributed by atoms with Crippen molar-refractivity contribution in [1.82, 2.24) is 13.6 Å². The van der Waals surface area contributed by atoms with Gasteiger partial charge in [0.15, 0.2) is 0 Å². The normalized spacial score (nSPS) is 13.4. The average molecular weight is 403 g/mol. The topological polar surface area (TPSA) is 109 Å². The summed E-state index contributed by atoms with van der Waals surface area (Å²) >= 11 is 3.19. The van der Waals surface area contributed by atoms with Gasteiger partial charge in [0.05, 0.1) is 23.7 Å². The van der Waals surface area contributed by atoms with E-state index in [9.17, 15) is 0 Å². The number of carboxylic acid groups (broad SMARTS) is 2. The Morgan fingerprint density at radius 1 is 1.28 bits per heavy atom. The molecule has 2 heterocycles. The second-order valence-electron chi connectivity index (χ2n) is 4.95. The van der Waals surface area contributed by atoms with E-state index in [1.54, 1.807) is 0 Å². The molecule has 0 atom stereocenters. The van der Waals surface area contributed by atoms with E-state index >= 15 is 0 Å². The summed E-state index contributed by atoms with van der Waals surface area (Å²) in [4.78, 5) is 20.2. The van der Waals surface area contributed by atoms with Gasteiger partial charge in [0.25, 0.3) is 0 Å². The van der Waals surface area contributed by atoms with Crippen LogP contribution in [-0.4, -0.2) is 51.5 Å². The molecule has 0 amide bonds. The van der Waals surface area contributed by atoms with Crippen LogP contribution in [0.3, 0.4) is 0 Å². The zero-order chi connectivity index (χ0) is 17.2. The molecule has 1 aliphatic rings. The number of aromatic nitrogens is 2. The number of rotatable bonds is 5. The Labute approximate surface area is 200 Å². The standard InChI is InChI=1S/C12H19N3S2.C2H2O4.2Na/c1-3-4-8-16-12-11(13-17-14-12)10-6-5-7-15(2)9-10;3-1(4)2(5)6;;/h6H,3-5,7-9H2,1-2H3;(H,3,4)(H,5,6);;/q;;2*+1/p-2. The van der Waals surface area contributed by atoms with Gasteiger partial charge in [0.2, 0.25) is 0 Å². The van der Waals surface area contributed by atoms with Crippen molar-refractivity contribution in [3.05, 3.63) is 11.8 Å². The van der Waals surface area contributed by atoms with Crippen molar-refractivity contribution < 1.29 is 78.9 Å². The van der Waals surface area contributed by atoms with Crippen LogP contribution in [0.5, 0.6) is 0 Å².